The highest BCUT2D eigenvalue weighted by molar-refractivity contribution is 8.00. The van der Waals surface area contributed by atoms with E-state index in [1.54, 1.807) is 0 Å². The molecule has 35 heavy (non-hydrogen) atoms. The fourth-order valence-corrected chi connectivity index (χ4v) is 5.01. The standard InChI is InChI=1S/C27H25N5O2S/c1-3-32-21-16-10-8-14-19(21)23-25(32)29-27(31-30-23)35-24(18-12-6-5-7-13-18)26(33)28-20-15-9-11-17-22(20)34-4-2/h5-17,24H,3-4H2,1-2H3,(H,28,33). The Labute approximate surface area is 207 Å². The van der Waals surface area contributed by atoms with Crippen LogP contribution in [0.3, 0.4) is 0 Å². The van der Waals surface area contributed by atoms with Crippen LogP contribution < -0.4 is 10.1 Å². The Morgan fingerprint density at radius 2 is 1.71 bits per heavy atom. The highest BCUT2D eigenvalue weighted by Crippen LogP contribution is 2.36. The number of aryl methyl sites for hydroxylation is 1. The Bertz CT molecular complexity index is 1490. The molecule has 1 amide bonds. The molecular formula is C27H25N5O2S. The van der Waals surface area contributed by atoms with Crippen molar-refractivity contribution in [2.45, 2.75) is 30.8 Å². The van der Waals surface area contributed by atoms with Crippen molar-refractivity contribution in [3.05, 3.63) is 84.4 Å². The number of anilines is 1. The van der Waals surface area contributed by atoms with Gasteiger partial charge in [-0.15, -0.1) is 10.2 Å². The van der Waals surface area contributed by atoms with Gasteiger partial charge in [-0.05, 0) is 37.6 Å². The number of nitrogens with one attached hydrogen (secondary N) is 1. The Morgan fingerprint density at radius 3 is 2.51 bits per heavy atom. The highest BCUT2D eigenvalue weighted by Gasteiger charge is 2.25. The lowest BCUT2D eigenvalue weighted by molar-refractivity contribution is -0.115. The first-order valence-corrected chi connectivity index (χ1v) is 12.4. The number of para-hydroxylation sites is 3. The van der Waals surface area contributed by atoms with E-state index in [2.05, 4.69) is 33.1 Å². The Morgan fingerprint density at radius 1 is 0.971 bits per heavy atom. The quantitative estimate of drug-likeness (QED) is 0.278. The first-order valence-electron chi connectivity index (χ1n) is 11.6. The summed E-state index contributed by atoms with van der Waals surface area (Å²) in [5, 5.41) is 12.8. The summed E-state index contributed by atoms with van der Waals surface area (Å²) in [7, 11) is 0. The van der Waals surface area contributed by atoms with Crippen LogP contribution in [-0.2, 0) is 11.3 Å². The number of hydrogen-bond donors (Lipinski definition) is 1. The number of ether oxygens (including phenoxy) is 1. The van der Waals surface area contributed by atoms with E-state index in [1.807, 2.05) is 79.7 Å². The fourth-order valence-electron chi connectivity index (χ4n) is 4.12. The minimum Gasteiger partial charge on any atom is -0.492 e. The molecular weight excluding hydrogens is 458 g/mol. The van der Waals surface area contributed by atoms with Gasteiger partial charge in [0.25, 0.3) is 0 Å². The minimum absolute atomic E-state index is 0.187. The van der Waals surface area contributed by atoms with E-state index < -0.39 is 5.25 Å². The molecule has 1 atom stereocenters. The number of fused-ring (bicyclic) bond motifs is 3. The number of nitrogens with zero attached hydrogens (tertiary/aromatic N) is 4. The molecule has 1 unspecified atom stereocenters. The van der Waals surface area contributed by atoms with Crippen molar-refractivity contribution in [1.29, 1.82) is 0 Å². The summed E-state index contributed by atoms with van der Waals surface area (Å²) >= 11 is 1.28. The summed E-state index contributed by atoms with van der Waals surface area (Å²) in [6.45, 7) is 5.26. The summed E-state index contributed by atoms with van der Waals surface area (Å²) in [5.41, 5.74) is 4.07. The van der Waals surface area contributed by atoms with Gasteiger partial charge in [-0.1, -0.05) is 72.4 Å². The normalized spacial score (nSPS) is 12.1. The third kappa shape index (κ3) is 4.57. The van der Waals surface area contributed by atoms with Gasteiger partial charge in [0, 0.05) is 11.9 Å². The summed E-state index contributed by atoms with van der Waals surface area (Å²) in [4.78, 5) is 18.4. The van der Waals surface area contributed by atoms with Crippen LogP contribution in [0.2, 0.25) is 0 Å². The number of carbonyl (C=O) groups excluding carboxylic acids is 1. The lowest BCUT2D eigenvalue weighted by Crippen LogP contribution is -2.20. The summed E-state index contributed by atoms with van der Waals surface area (Å²) < 4.78 is 7.81. The number of hydrogen-bond acceptors (Lipinski definition) is 6. The van der Waals surface area contributed by atoms with Crippen LogP contribution in [0.4, 0.5) is 5.69 Å². The van der Waals surface area contributed by atoms with E-state index in [0.29, 0.717) is 23.2 Å². The van der Waals surface area contributed by atoms with E-state index in [1.165, 1.54) is 11.8 Å². The van der Waals surface area contributed by atoms with Gasteiger partial charge in [0.15, 0.2) is 5.65 Å². The fraction of sp³-hybridized carbons (Fsp3) is 0.185. The number of aromatic nitrogens is 4. The molecule has 176 valence electrons. The molecule has 0 bridgehead atoms. The molecule has 0 saturated heterocycles. The maximum atomic E-state index is 13.5. The number of rotatable bonds is 8. The highest BCUT2D eigenvalue weighted by atomic mass is 32.2. The molecule has 3 aromatic carbocycles. The van der Waals surface area contributed by atoms with E-state index in [4.69, 9.17) is 9.72 Å². The maximum absolute atomic E-state index is 13.5. The van der Waals surface area contributed by atoms with Crippen molar-refractivity contribution >= 4 is 45.4 Å². The summed E-state index contributed by atoms with van der Waals surface area (Å²) in [6.07, 6.45) is 0. The molecule has 2 aromatic heterocycles. The average molecular weight is 484 g/mol. The van der Waals surface area contributed by atoms with Crippen molar-refractivity contribution in [3.63, 3.8) is 0 Å². The largest absolute Gasteiger partial charge is 0.492 e. The predicted octanol–water partition coefficient (Wildman–Crippen LogP) is 5.87. The second-order valence-corrected chi connectivity index (χ2v) is 8.93. The van der Waals surface area contributed by atoms with Gasteiger partial charge in [-0.2, -0.15) is 0 Å². The molecule has 0 saturated carbocycles. The summed E-state index contributed by atoms with van der Waals surface area (Å²) in [5.74, 6) is 0.444. The van der Waals surface area contributed by atoms with Gasteiger partial charge in [0.2, 0.25) is 11.1 Å². The molecule has 0 aliphatic heterocycles. The monoisotopic (exact) mass is 483 g/mol. The zero-order chi connectivity index (χ0) is 24.2. The molecule has 7 nitrogen and oxygen atoms in total. The van der Waals surface area contributed by atoms with Gasteiger partial charge in [0.1, 0.15) is 16.5 Å². The third-order valence-electron chi connectivity index (χ3n) is 5.68. The predicted molar refractivity (Wildman–Crippen MR) is 140 cm³/mol. The van der Waals surface area contributed by atoms with Crippen LogP contribution in [0.25, 0.3) is 22.1 Å². The van der Waals surface area contributed by atoms with Crippen LogP contribution in [-0.4, -0.2) is 32.3 Å². The number of thioether (sulfide) groups is 1. The molecule has 5 rings (SSSR count). The molecule has 2 heterocycles. The van der Waals surface area contributed by atoms with Crippen molar-refractivity contribution in [1.82, 2.24) is 19.7 Å². The first kappa shape index (κ1) is 22.9. The van der Waals surface area contributed by atoms with Crippen LogP contribution in [0.5, 0.6) is 5.75 Å². The molecule has 5 aromatic rings. The van der Waals surface area contributed by atoms with E-state index in [9.17, 15) is 4.79 Å². The molecule has 0 spiro atoms. The van der Waals surface area contributed by atoms with Gasteiger partial charge in [-0.25, -0.2) is 4.98 Å². The van der Waals surface area contributed by atoms with Crippen LogP contribution >= 0.6 is 11.8 Å². The Kier molecular flexibility index (Phi) is 6.63. The first-order chi connectivity index (χ1) is 17.2. The van der Waals surface area contributed by atoms with Crippen LogP contribution in [0.15, 0.2) is 84.0 Å². The van der Waals surface area contributed by atoms with Gasteiger partial charge < -0.3 is 14.6 Å². The van der Waals surface area contributed by atoms with Gasteiger partial charge in [-0.3, -0.25) is 4.79 Å². The molecule has 1 N–H and O–H groups in total. The molecule has 8 heteroatoms. The molecule has 0 radical (unpaired) electrons. The topological polar surface area (TPSA) is 81.9 Å². The third-order valence-corrected chi connectivity index (χ3v) is 6.78. The van der Waals surface area contributed by atoms with Crippen molar-refractivity contribution in [3.8, 4) is 5.75 Å². The lowest BCUT2D eigenvalue weighted by Gasteiger charge is -2.17. The molecule has 0 aliphatic carbocycles. The van der Waals surface area contributed by atoms with Crippen molar-refractivity contribution < 1.29 is 9.53 Å². The van der Waals surface area contributed by atoms with E-state index in [0.717, 1.165) is 34.2 Å². The summed E-state index contributed by atoms with van der Waals surface area (Å²) in [6, 6.07) is 25.1. The SMILES string of the molecule is CCOc1ccccc1NC(=O)C(Sc1nnc2c3ccccc3n(CC)c2n1)c1ccccc1. The van der Waals surface area contributed by atoms with Crippen LogP contribution in [0, 0.1) is 0 Å². The minimum atomic E-state index is -0.579. The smallest absolute Gasteiger partial charge is 0.242 e. The van der Waals surface area contributed by atoms with Crippen LogP contribution in [0.1, 0.15) is 24.7 Å². The Balaban J connectivity index is 1.51. The number of carbonyl (C=O) groups is 1. The van der Waals surface area contributed by atoms with Gasteiger partial charge in [0.05, 0.1) is 17.8 Å². The molecule has 0 aliphatic rings. The Hall–Kier alpha value is -3.91. The second-order valence-electron chi connectivity index (χ2n) is 7.85. The zero-order valence-electron chi connectivity index (χ0n) is 19.5. The lowest BCUT2D eigenvalue weighted by atomic mass is 10.1. The number of benzene rings is 3. The van der Waals surface area contributed by atoms with Gasteiger partial charge >= 0.3 is 0 Å². The van der Waals surface area contributed by atoms with E-state index >= 15 is 0 Å². The number of amides is 1. The maximum Gasteiger partial charge on any atom is 0.242 e. The zero-order valence-corrected chi connectivity index (χ0v) is 20.3. The molecule has 0 fully saturated rings. The second kappa shape index (κ2) is 10.1. The average Bonchev–Trinajstić information content (AvgIpc) is 3.22. The van der Waals surface area contributed by atoms with E-state index in [-0.39, 0.29) is 5.91 Å². The van der Waals surface area contributed by atoms with Crippen molar-refractivity contribution in [2.24, 2.45) is 0 Å². The van der Waals surface area contributed by atoms with Crippen molar-refractivity contribution in [2.75, 3.05) is 11.9 Å².